The summed E-state index contributed by atoms with van der Waals surface area (Å²) in [7, 11) is 0. The van der Waals surface area contributed by atoms with Crippen LogP contribution in [-0.4, -0.2) is 34.4 Å². The topological polar surface area (TPSA) is 102 Å². The van der Waals surface area contributed by atoms with Crippen LogP contribution in [0.5, 0.6) is 0 Å². The van der Waals surface area contributed by atoms with Gasteiger partial charge in [0.1, 0.15) is 0 Å². The first kappa shape index (κ1) is 23.1. The highest BCUT2D eigenvalue weighted by molar-refractivity contribution is 6.41. The number of benzene rings is 3. The molecular formula is C29H25N5O2. The number of aromatic nitrogens is 2. The fourth-order valence-corrected chi connectivity index (χ4v) is 4.76. The van der Waals surface area contributed by atoms with Crippen LogP contribution in [0.15, 0.2) is 91.4 Å². The molecule has 5 rings (SSSR count). The van der Waals surface area contributed by atoms with Gasteiger partial charge in [0.25, 0.3) is 0 Å². The van der Waals surface area contributed by atoms with Gasteiger partial charge in [-0.25, -0.2) is 4.98 Å². The lowest BCUT2D eigenvalue weighted by Gasteiger charge is -2.35. The second-order valence-corrected chi connectivity index (χ2v) is 8.91. The molecule has 2 heterocycles. The normalized spacial score (nSPS) is 16.3. The number of carbonyl (C=O) groups is 2. The Morgan fingerprint density at radius 2 is 1.72 bits per heavy atom. The number of piperazine rings is 1. The summed E-state index contributed by atoms with van der Waals surface area (Å²) in [6.45, 7) is 0.378. The number of imidazole rings is 1. The number of H-pyrrole nitrogens is 1. The third-order valence-corrected chi connectivity index (χ3v) is 6.52. The van der Waals surface area contributed by atoms with Crippen molar-refractivity contribution in [1.82, 2.24) is 15.3 Å². The van der Waals surface area contributed by atoms with Gasteiger partial charge in [-0.2, -0.15) is 5.26 Å². The summed E-state index contributed by atoms with van der Waals surface area (Å²) in [4.78, 5) is 34.8. The molecule has 0 saturated carbocycles. The third-order valence-electron chi connectivity index (χ3n) is 6.52. The van der Waals surface area contributed by atoms with E-state index >= 15 is 0 Å². The number of hydrogen-bond acceptors (Lipinski definition) is 4. The fraction of sp³-hybridized carbons (Fsp3) is 0.172. The fourth-order valence-electron chi connectivity index (χ4n) is 4.76. The molecule has 0 spiro atoms. The minimum absolute atomic E-state index is 0.137. The van der Waals surface area contributed by atoms with Crippen molar-refractivity contribution in [3.63, 3.8) is 0 Å². The van der Waals surface area contributed by atoms with E-state index in [1.807, 2.05) is 66.7 Å². The number of aromatic amines is 1. The Kier molecular flexibility index (Phi) is 6.59. The van der Waals surface area contributed by atoms with Crippen molar-refractivity contribution in [3.05, 3.63) is 119 Å². The van der Waals surface area contributed by atoms with Crippen LogP contribution >= 0.6 is 0 Å². The number of nitrogens with one attached hydrogen (secondary N) is 2. The van der Waals surface area contributed by atoms with Crippen LogP contribution in [0, 0.1) is 11.3 Å². The summed E-state index contributed by atoms with van der Waals surface area (Å²) in [6.07, 6.45) is 4.69. The molecule has 7 heteroatoms. The van der Waals surface area contributed by atoms with Gasteiger partial charge in [0.05, 0.1) is 24.0 Å². The van der Waals surface area contributed by atoms with Gasteiger partial charge in [-0.05, 0) is 47.7 Å². The lowest BCUT2D eigenvalue weighted by molar-refractivity contribution is -0.139. The Balaban J connectivity index is 1.49. The van der Waals surface area contributed by atoms with E-state index in [4.69, 9.17) is 5.26 Å². The molecule has 1 fully saturated rings. The number of carbonyl (C=O) groups excluding carboxylic acids is 2. The Labute approximate surface area is 209 Å². The molecule has 0 bridgehead atoms. The van der Waals surface area contributed by atoms with E-state index in [1.165, 1.54) is 0 Å². The highest BCUT2D eigenvalue weighted by Crippen LogP contribution is 2.35. The van der Waals surface area contributed by atoms with E-state index in [1.54, 1.807) is 29.6 Å². The number of amides is 2. The first-order chi connectivity index (χ1) is 17.6. The van der Waals surface area contributed by atoms with Crippen LogP contribution in [0.1, 0.15) is 33.9 Å². The van der Waals surface area contributed by atoms with Crippen LogP contribution in [0.2, 0.25) is 0 Å². The number of nitriles is 1. The van der Waals surface area contributed by atoms with Crippen molar-refractivity contribution in [2.24, 2.45) is 0 Å². The summed E-state index contributed by atoms with van der Waals surface area (Å²) in [5.74, 6) is -1.29. The number of nitrogens with zero attached hydrogens (tertiary/aromatic N) is 3. The molecule has 2 atom stereocenters. The van der Waals surface area contributed by atoms with Crippen molar-refractivity contribution in [1.29, 1.82) is 5.26 Å². The van der Waals surface area contributed by atoms with Crippen LogP contribution < -0.4 is 10.2 Å². The van der Waals surface area contributed by atoms with Gasteiger partial charge in [-0.15, -0.1) is 0 Å². The molecule has 1 aromatic heterocycles. The lowest BCUT2D eigenvalue weighted by Crippen LogP contribution is -2.58. The smallest absolute Gasteiger partial charge is 0.316 e. The van der Waals surface area contributed by atoms with Crippen LogP contribution in [0.25, 0.3) is 0 Å². The van der Waals surface area contributed by atoms with E-state index in [-0.39, 0.29) is 12.0 Å². The molecule has 178 valence electrons. The van der Waals surface area contributed by atoms with Crippen LogP contribution in [-0.2, 0) is 22.4 Å². The first-order valence-electron chi connectivity index (χ1n) is 11.8. The Bertz CT molecular complexity index is 1390. The number of para-hydroxylation sites is 1. The molecule has 4 aromatic rings. The molecule has 7 nitrogen and oxygen atoms in total. The van der Waals surface area contributed by atoms with Gasteiger partial charge in [0.2, 0.25) is 0 Å². The zero-order valence-electron chi connectivity index (χ0n) is 19.6. The molecule has 3 aromatic carbocycles. The molecular weight excluding hydrogens is 450 g/mol. The largest absolute Gasteiger partial charge is 0.348 e. The predicted molar refractivity (Wildman–Crippen MR) is 136 cm³/mol. The molecule has 1 unspecified atom stereocenters. The monoisotopic (exact) mass is 475 g/mol. The van der Waals surface area contributed by atoms with Gasteiger partial charge in [0.15, 0.2) is 0 Å². The van der Waals surface area contributed by atoms with E-state index in [2.05, 4.69) is 21.4 Å². The zero-order valence-corrected chi connectivity index (χ0v) is 19.6. The van der Waals surface area contributed by atoms with E-state index < -0.39 is 11.8 Å². The third kappa shape index (κ3) is 4.89. The molecule has 0 radical (unpaired) electrons. The van der Waals surface area contributed by atoms with Crippen molar-refractivity contribution in [3.8, 4) is 6.07 Å². The van der Waals surface area contributed by atoms with Gasteiger partial charge in [-0.1, -0.05) is 60.7 Å². The predicted octanol–water partition coefficient (Wildman–Crippen LogP) is 3.73. The molecule has 0 aliphatic carbocycles. The average molecular weight is 476 g/mol. The maximum Gasteiger partial charge on any atom is 0.316 e. The molecule has 1 aliphatic rings. The zero-order chi connectivity index (χ0) is 24.9. The average Bonchev–Trinajstić information content (AvgIpc) is 3.45. The molecule has 2 N–H and O–H groups in total. The number of hydrogen-bond donors (Lipinski definition) is 2. The Morgan fingerprint density at radius 1 is 0.972 bits per heavy atom. The van der Waals surface area contributed by atoms with Crippen LogP contribution in [0.4, 0.5) is 5.69 Å². The Hall–Kier alpha value is -4.70. The second kappa shape index (κ2) is 10.3. The lowest BCUT2D eigenvalue weighted by atomic mass is 9.87. The second-order valence-electron chi connectivity index (χ2n) is 8.91. The van der Waals surface area contributed by atoms with Crippen molar-refractivity contribution < 1.29 is 9.59 Å². The number of rotatable bonds is 7. The SMILES string of the molecule is N#Cc1ccc(CC(c2cnc[nH]2)c2ccccc2N2C[C@H](Cc3ccccc3)NC(=O)C2=O)cc1. The Morgan fingerprint density at radius 3 is 2.44 bits per heavy atom. The van der Waals surface area contributed by atoms with Gasteiger partial charge in [-0.3, -0.25) is 9.59 Å². The van der Waals surface area contributed by atoms with E-state index in [0.717, 1.165) is 22.4 Å². The van der Waals surface area contributed by atoms with Crippen molar-refractivity contribution >= 4 is 17.5 Å². The number of anilines is 1. The van der Waals surface area contributed by atoms with Gasteiger partial charge in [0, 0.05) is 30.0 Å². The summed E-state index contributed by atoms with van der Waals surface area (Å²) in [5.41, 5.74) is 5.29. The minimum atomic E-state index is -0.595. The highest BCUT2D eigenvalue weighted by atomic mass is 16.2. The minimum Gasteiger partial charge on any atom is -0.348 e. The summed E-state index contributed by atoms with van der Waals surface area (Å²) >= 11 is 0. The van der Waals surface area contributed by atoms with Gasteiger partial charge < -0.3 is 15.2 Å². The van der Waals surface area contributed by atoms with Crippen molar-refractivity contribution in [2.75, 3.05) is 11.4 Å². The summed E-state index contributed by atoms with van der Waals surface area (Å²) < 4.78 is 0. The molecule has 2 amide bonds. The summed E-state index contributed by atoms with van der Waals surface area (Å²) in [6, 6.07) is 27.1. The van der Waals surface area contributed by atoms with Crippen LogP contribution in [0.3, 0.4) is 0 Å². The standard InChI is InChI=1S/C29H25N5O2/c30-16-22-12-10-21(11-13-22)15-25(26-17-31-19-32-26)24-8-4-5-9-27(24)34-18-23(33-28(35)29(34)36)14-20-6-2-1-3-7-20/h1-13,17,19,23,25H,14-15,18H2,(H,31,32)(H,33,35)/t23-,25?/m0/s1. The summed E-state index contributed by atoms with van der Waals surface area (Å²) in [5, 5.41) is 12.0. The molecule has 1 saturated heterocycles. The first-order valence-corrected chi connectivity index (χ1v) is 11.8. The maximum atomic E-state index is 13.1. The van der Waals surface area contributed by atoms with E-state index in [0.29, 0.717) is 30.6 Å². The van der Waals surface area contributed by atoms with Crippen molar-refractivity contribution in [2.45, 2.75) is 24.8 Å². The molecule has 36 heavy (non-hydrogen) atoms. The van der Waals surface area contributed by atoms with E-state index in [9.17, 15) is 9.59 Å². The molecule has 1 aliphatic heterocycles. The quantitative estimate of drug-likeness (QED) is 0.398. The maximum absolute atomic E-state index is 13.1. The van der Waals surface area contributed by atoms with Gasteiger partial charge >= 0.3 is 11.8 Å². The highest BCUT2D eigenvalue weighted by Gasteiger charge is 2.35.